The molecule has 0 aliphatic heterocycles. The topological polar surface area (TPSA) is 98.7 Å². The zero-order valence-corrected chi connectivity index (χ0v) is 10.9. The van der Waals surface area contributed by atoms with Gasteiger partial charge in [-0.25, -0.2) is 9.59 Å². The van der Waals surface area contributed by atoms with Crippen LogP contribution in [0.4, 0.5) is 10.5 Å². The van der Waals surface area contributed by atoms with Gasteiger partial charge in [-0.3, -0.25) is 0 Å². The Morgan fingerprint density at radius 1 is 1.21 bits per heavy atom. The number of carbonyl (C=O) groups excluding carboxylic acids is 1. The smallest absolute Gasteiger partial charge is 0.326 e. The highest BCUT2D eigenvalue weighted by molar-refractivity contribution is 5.92. The van der Waals surface area contributed by atoms with Crippen molar-refractivity contribution in [1.82, 2.24) is 5.32 Å². The standard InChI is InChI=1S/C13H18N2O4/c1-8-5-9(2)7-10(6-8)14-13(19)15-11(3-4-16)12(17)18/h5-7,11,16H,3-4H2,1-2H3,(H,17,18)(H2,14,15,19)/t11-/m0/s1. The lowest BCUT2D eigenvalue weighted by Gasteiger charge is -2.14. The molecule has 1 rings (SSSR count). The minimum Gasteiger partial charge on any atom is -0.480 e. The Morgan fingerprint density at radius 3 is 2.26 bits per heavy atom. The van der Waals surface area contributed by atoms with Crippen LogP contribution < -0.4 is 10.6 Å². The van der Waals surface area contributed by atoms with Crippen LogP contribution in [-0.4, -0.2) is 34.9 Å². The maximum Gasteiger partial charge on any atom is 0.326 e. The molecule has 1 atom stereocenters. The summed E-state index contributed by atoms with van der Waals surface area (Å²) in [6.45, 7) is 3.50. The highest BCUT2D eigenvalue weighted by atomic mass is 16.4. The number of urea groups is 1. The third kappa shape index (κ3) is 4.97. The van der Waals surface area contributed by atoms with Gasteiger partial charge in [0.05, 0.1) is 0 Å². The Hall–Kier alpha value is -2.08. The summed E-state index contributed by atoms with van der Waals surface area (Å²) < 4.78 is 0. The zero-order chi connectivity index (χ0) is 14.4. The van der Waals surface area contributed by atoms with Crippen LogP contribution in [-0.2, 0) is 4.79 Å². The summed E-state index contributed by atoms with van der Waals surface area (Å²) >= 11 is 0. The molecule has 0 radical (unpaired) electrons. The van der Waals surface area contributed by atoms with E-state index in [0.29, 0.717) is 5.69 Å². The number of aliphatic carboxylic acids is 1. The largest absolute Gasteiger partial charge is 0.480 e. The molecule has 0 fully saturated rings. The van der Waals surface area contributed by atoms with Crippen molar-refractivity contribution < 1.29 is 19.8 Å². The van der Waals surface area contributed by atoms with Gasteiger partial charge < -0.3 is 20.8 Å². The first kappa shape index (κ1) is 15.0. The fourth-order valence-electron chi connectivity index (χ4n) is 1.76. The highest BCUT2D eigenvalue weighted by Gasteiger charge is 2.19. The molecule has 1 aromatic rings. The molecule has 0 unspecified atom stereocenters. The van der Waals surface area contributed by atoms with E-state index in [1.54, 1.807) is 12.1 Å². The Morgan fingerprint density at radius 2 is 1.79 bits per heavy atom. The van der Waals surface area contributed by atoms with E-state index in [1.807, 2.05) is 19.9 Å². The van der Waals surface area contributed by atoms with E-state index in [4.69, 9.17) is 10.2 Å². The van der Waals surface area contributed by atoms with Gasteiger partial charge in [-0.05, 0) is 37.1 Å². The van der Waals surface area contributed by atoms with E-state index in [9.17, 15) is 9.59 Å². The molecule has 0 aromatic heterocycles. The van der Waals surface area contributed by atoms with Gasteiger partial charge in [0, 0.05) is 18.7 Å². The van der Waals surface area contributed by atoms with Crippen molar-refractivity contribution in [3.63, 3.8) is 0 Å². The van der Waals surface area contributed by atoms with E-state index >= 15 is 0 Å². The van der Waals surface area contributed by atoms with Crippen LogP contribution in [0, 0.1) is 13.8 Å². The minimum absolute atomic E-state index is 0.0321. The van der Waals surface area contributed by atoms with Gasteiger partial charge in [-0.2, -0.15) is 0 Å². The molecule has 0 aliphatic rings. The highest BCUT2D eigenvalue weighted by Crippen LogP contribution is 2.13. The molecule has 19 heavy (non-hydrogen) atoms. The van der Waals surface area contributed by atoms with Crippen molar-refractivity contribution in [3.05, 3.63) is 29.3 Å². The van der Waals surface area contributed by atoms with Crippen LogP contribution in [0.3, 0.4) is 0 Å². The lowest BCUT2D eigenvalue weighted by molar-refractivity contribution is -0.139. The predicted octanol–water partition coefficient (Wildman–Crippen LogP) is 1.26. The van der Waals surface area contributed by atoms with Gasteiger partial charge in [-0.15, -0.1) is 0 Å². The molecule has 4 N–H and O–H groups in total. The van der Waals surface area contributed by atoms with Crippen LogP contribution in [0.2, 0.25) is 0 Å². The van der Waals surface area contributed by atoms with Crippen molar-refractivity contribution in [2.24, 2.45) is 0 Å². The normalized spacial score (nSPS) is 11.7. The summed E-state index contributed by atoms with van der Waals surface area (Å²) in [7, 11) is 0. The molecule has 6 nitrogen and oxygen atoms in total. The number of carboxylic acid groups (broad SMARTS) is 1. The number of carbonyl (C=O) groups is 2. The van der Waals surface area contributed by atoms with Gasteiger partial charge in [-0.1, -0.05) is 6.07 Å². The number of hydrogen-bond donors (Lipinski definition) is 4. The summed E-state index contributed by atoms with van der Waals surface area (Å²) in [5, 5.41) is 22.4. The van der Waals surface area contributed by atoms with Gasteiger partial charge >= 0.3 is 12.0 Å². The number of aryl methyl sites for hydroxylation is 2. The monoisotopic (exact) mass is 266 g/mol. The van der Waals surface area contributed by atoms with E-state index in [0.717, 1.165) is 11.1 Å². The predicted molar refractivity (Wildman–Crippen MR) is 71.2 cm³/mol. The van der Waals surface area contributed by atoms with E-state index < -0.39 is 18.0 Å². The average Bonchev–Trinajstić information content (AvgIpc) is 2.26. The second kappa shape index (κ2) is 6.75. The summed E-state index contributed by atoms with van der Waals surface area (Å²) in [5.74, 6) is -1.18. The minimum atomic E-state index is -1.18. The molecule has 1 aromatic carbocycles. The summed E-state index contributed by atoms with van der Waals surface area (Å²) in [4.78, 5) is 22.5. The van der Waals surface area contributed by atoms with Crippen molar-refractivity contribution in [1.29, 1.82) is 0 Å². The van der Waals surface area contributed by atoms with E-state index in [-0.39, 0.29) is 13.0 Å². The van der Waals surface area contributed by atoms with Crippen molar-refractivity contribution in [2.75, 3.05) is 11.9 Å². The fourth-order valence-corrected chi connectivity index (χ4v) is 1.76. The first-order chi connectivity index (χ1) is 8.92. The molecular weight excluding hydrogens is 248 g/mol. The average molecular weight is 266 g/mol. The SMILES string of the molecule is Cc1cc(C)cc(NC(=O)N[C@@H](CCO)C(=O)O)c1. The van der Waals surface area contributed by atoms with Gasteiger partial charge in [0.1, 0.15) is 6.04 Å². The van der Waals surface area contributed by atoms with E-state index in [2.05, 4.69) is 10.6 Å². The second-order valence-corrected chi connectivity index (χ2v) is 4.38. The Labute approximate surface area is 111 Å². The van der Waals surface area contributed by atoms with Crippen molar-refractivity contribution in [3.8, 4) is 0 Å². The maximum absolute atomic E-state index is 11.7. The van der Waals surface area contributed by atoms with Crippen LogP contribution in [0.15, 0.2) is 18.2 Å². The van der Waals surface area contributed by atoms with Crippen molar-refractivity contribution >= 4 is 17.7 Å². The number of aliphatic hydroxyl groups is 1. The number of nitrogens with one attached hydrogen (secondary N) is 2. The first-order valence-corrected chi connectivity index (χ1v) is 5.92. The first-order valence-electron chi connectivity index (χ1n) is 5.92. The maximum atomic E-state index is 11.7. The number of rotatable bonds is 5. The number of carboxylic acids is 1. The number of amides is 2. The van der Waals surface area contributed by atoms with Crippen LogP contribution >= 0.6 is 0 Å². The van der Waals surface area contributed by atoms with Crippen LogP contribution in [0.1, 0.15) is 17.5 Å². The van der Waals surface area contributed by atoms with Crippen LogP contribution in [0.5, 0.6) is 0 Å². The molecule has 0 bridgehead atoms. The fraction of sp³-hybridized carbons (Fsp3) is 0.385. The third-order valence-corrected chi connectivity index (χ3v) is 2.50. The molecular formula is C13H18N2O4. The second-order valence-electron chi connectivity index (χ2n) is 4.38. The molecule has 0 heterocycles. The zero-order valence-electron chi connectivity index (χ0n) is 10.9. The van der Waals surface area contributed by atoms with Gasteiger partial charge in [0.2, 0.25) is 0 Å². The number of aliphatic hydroxyl groups excluding tert-OH is 1. The molecule has 0 saturated heterocycles. The molecule has 2 amide bonds. The summed E-state index contributed by atoms with van der Waals surface area (Å²) in [6, 6.07) is 3.83. The van der Waals surface area contributed by atoms with E-state index in [1.165, 1.54) is 0 Å². The number of hydrogen-bond acceptors (Lipinski definition) is 3. The van der Waals surface area contributed by atoms with Crippen LogP contribution in [0.25, 0.3) is 0 Å². The number of anilines is 1. The molecule has 6 heteroatoms. The summed E-state index contributed by atoms with van der Waals surface area (Å²) in [5.41, 5.74) is 2.60. The number of benzene rings is 1. The summed E-state index contributed by atoms with van der Waals surface area (Å²) in [6.07, 6.45) is -0.0321. The quantitative estimate of drug-likeness (QED) is 0.644. The lowest BCUT2D eigenvalue weighted by atomic mass is 10.1. The molecule has 0 saturated carbocycles. The Bertz CT molecular complexity index is 453. The lowest BCUT2D eigenvalue weighted by Crippen LogP contribution is -2.43. The molecule has 0 spiro atoms. The van der Waals surface area contributed by atoms with Crippen molar-refractivity contribution in [2.45, 2.75) is 26.3 Å². The van der Waals surface area contributed by atoms with Gasteiger partial charge in [0.15, 0.2) is 0 Å². The van der Waals surface area contributed by atoms with Gasteiger partial charge in [0.25, 0.3) is 0 Å². The molecule has 104 valence electrons. The molecule has 0 aliphatic carbocycles. The third-order valence-electron chi connectivity index (χ3n) is 2.50. The Balaban J connectivity index is 2.66. The Kier molecular flexibility index (Phi) is 5.32.